The molecule has 1 fully saturated rings. The number of rotatable bonds is 4. The van der Waals surface area contributed by atoms with Gasteiger partial charge in [0.2, 0.25) is 10.0 Å². The SMILES string of the molecule is Cc1cc2c(cc(CCN3CCCCC3)n2S(C)(=O)=O)c(Cl)n1. The van der Waals surface area contributed by atoms with Crippen LogP contribution in [0.1, 0.15) is 30.7 Å². The highest BCUT2D eigenvalue weighted by Gasteiger charge is 2.20. The molecular weight excluding hydrogens is 334 g/mol. The van der Waals surface area contributed by atoms with Crippen LogP contribution in [-0.2, 0) is 16.4 Å². The van der Waals surface area contributed by atoms with Crippen LogP contribution in [0.3, 0.4) is 0 Å². The number of nitrogens with zero attached hydrogens (tertiary/aromatic N) is 3. The topological polar surface area (TPSA) is 55.2 Å². The number of pyridine rings is 1. The molecule has 0 saturated carbocycles. The summed E-state index contributed by atoms with van der Waals surface area (Å²) in [5, 5.41) is 1.07. The number of halogens is 1. The van der Waals surface area contributed by atoms with Crippen LogP contribution < -0.4 is 0 Å². The number of likely N-dealkylation sites (tertiary alicyclic amines) is 1. The lowest BCUT2D eigenvalue weighted by atomic mass is 10.1. The predicted octanol–water partition coefficient (Wildman–Crippen LogP) is 2.83. The Morgan fingerprint density at radius 1 is 1.22 bits per heavy atom. The van der Waals surface area contributed by atoms with Gasteiger partial charge in [0.15, 0.2) is 0 Å². The largest absolute Gasteiger partial charge is 0.303 e. The van der Waals surface area contributed by atoms with Crippen molar-refractivity contribution in [2.45, 2.75) is 32.6 Å². The Balaban J connectivity index is 2.00. The third-order valence-electron chi connectivity index (χ3n) is 4.37. The third kappa shape index (κ3) is 3.54. The van der Waals surface area contributed by atoms with E-state index in [9.17, 15) is 8.42 Å². The molecule has 3 rings (SSSR count). The van der Waals surface area contributed by atoms with E-state index < -0.39 is 10.0 Å². The number of hydrogen-bond donors (Lipinski definition) is 0. The van der Waals surface area contributed by atoms with Crippen molar-refractivity contribution in [3.63, 3.8) is 0 Å². The van der Waals surface area contributed by atoms with Crippen molar-refractivity contribution in [1.82, 2.24) is 13.9 Å². The van der Waals surface area contributed by atoms with Gasteiger partial charge in [-0.25, -0.2) is 17.4 Å². The van der Waals surface area contributed by atoms with E-state index in [0.29, 0.717) is 28.2 Å². The Kier molecular flexibility index (Phi) is 4.67. The summed E-state index contributed by atoms with van der Waals surface area (Å²) in [4.78, 5) is 6.64. The minimum Gasteiger partial charge on any atom is -0.303 e. The zero-order valence-electron chi connectivity index (χ0n) is 13.5. The fraction of sp³-hybridized carbons (Fsp3) is 0.562. The fourth-order valence-electron chi connectivity index (χ4n) is 3.33. The van der Waals surface area contributed by atoms with E-state index in [0.717, 1.165) is 25.3 Å². The molecule has 7 heteroatoms. The van der Waals surface area contributed by atoms with Crippen LogP contribution in [0.2, 0.25) is 5.15 Å². The maximum atomic E-state index is 12.3. The van der Waals surface area contributed by atoms with Crippen molar-refractivity contribution in [2.75, 3.05) is 25.9 Å². The average molecular weight is 356 g/mol. The molecule has 1 aliphatic heterocycles. The number of hydrogen-bond acceptors (Lipinski definition) is 4. The Hall–Kier alpha value is -1.11. The van der Waals surface area contributed by atoms with Crippen molar-refractivity contribution in [3.05, 3.63) is 28.7 Å². The zero-order valence-corrected chi connectivity index (χ0v) is 15.1. The second-order valence-electron chi connectivity index (χ2n) is 6.30. The first kappa shape index (κ1) is 16.7. The summed E-state index contributed by atoms with van der Waals surface area (Å²) in [5.74, 6) is 0. The van der Waals surface area contributed by atoms with Gasteiger partial charge >= 0.3 is 0 Å². The Labute approximate surface area is 142 Å². The molecule has 0 unspecified atom stereocenters. The van der Waals surface area contributed by atoms with Crippen molar-refractivity contribution in [1.29, 1.82) is 0 Å². The van der Waals surface area contributed by atoms with E-state index in [1.165, 1.54) is 29.5 Å². The minimum atomic E-state index is -3.39. The third-order valence-corrected chi connectivity index (χ3v) is 5.76. The molecule has 0 bridgehead atoms. The first-order valence-electron chi connectivity index (χ1n) is 7.96. The molecule has 3 heterocycles. The lowest BCUT2D eigenvalue weighted by Gasteiger charge is -2.26. The van der Waals surface area contributed by atoms with Gasteiger partial charge in [0.25, 0.3) is 0 Å². The summed E-state index contributed by atoms with van der Waals surface area (Å²) < 4.78 is 26.0. The average Bonchev–Trinajstić information content (AvgIpc) is 2.85. The molecule has 2 aromatic rings. The molecule has 0 radical (unpaired) electrons. The summed E-state index contributed by atoms with van der Waals surface area (Å²) >= 11 is 6.22. The van der Waals surface area contributed by atoms with E-state index >= 15 is 0 Å². The highest BCUT2D eigenvalue weighted by atomic mass is 35.5. The Morgan fingerprint density at radius 2 is 1.91 bits per heavy atom. The molecule has 5 nitrogen and oxygen atoms in total. The molecule has 0 aliphatic carbocycles. The van der Waals surface area contributed by atoms with E-state index in [4.69, 9.17) is 11.6 Å². The summed E-state index contributed by atoms with van der Waals surface area (Å²) in [6, 6.07) is 3.65. The number of aryl methyl sites for hydroxylation is 1. The molecule has 0 N–H and O–H groups in total. The minimum absolute atomic E-state index is 0.363. The molecule has 0 amide bonds. The molecule has 0 aromatic carbocycles. The summed E-state index contributed by atoms with van der Waals surface area (Å²) in [6.07, 6.45) is 5.67. The summed E-state index contributed by atoms with van der Waals surface area (Å²) in [5.41, 5.74) is 2.12. The number of fused-ring (bicyclic) bond motifs is 1. The van der Waals surface area contributed by atoms with E-state index in [1.54, 1.807) is 6.07 Å². The van der Waals surface area contributed by atoms with Crippen LogP contribution in [0.5, 0.6) is 0 Å². The van der Waals surface area contributed by atoms with Crippen molar-refractivity contribution < 1.29 is 8.42 Å². The van der Waals surface area contributed by atoms with Gasteiger partial charge in [-0.2, -0.15) is 0 Å². The van der Waals surface area contributed by atoms with Crippen molar-refractivity contribution in [3.8, 4) is 0 Å². The van der Waals surface area contributed by atoms with Gasteiger partial charge in [0.05, 0.1) is 11.8 Å². The van der Waals surface area contributed by atoms with Gasteiger partial charge in [0, 0.05) is 29.7 Å². The highest BCUT2D eigenvalue weighted by Crippen LogP contribution is 2.28. The molecule has 1 saturated heterocycles. The fourth-order valence-corrected chi connectivity index (χ4v) is 4.69. The highest BCUT2D eigenvalue weighted by molar-refractivity contribution is 7.89. The van der Waals surface area contributed by atoms with Crippen molar-refractivity contribution >= 4 is 32.5 Å². The summed E-state index contributed by atoms with van der Waals surface area (Å²) in [7, 11) is -3.39. The van der Waals surface area contributed by atoms with Crippen LogP contribution >= 0.6 is 11.6 Å². The second kappa shape index (κ2) is 6.42. The van der Waals surface area contributed by atoms with Crippen LogP contribution in [0.15, 0.2) is 12.1 Å². The van der Waals surface area contributed by atoms with Gasteiger partial charge in [-0.05, 0) is 45.0 Å². The lowest BCUT2D eigenvalue weighted by molar-refractivity contribution is 0.231. The zero-order chi connectivity index (χ0) is 16.6. The monoisotopic (exact) mass is 355 g/mol. The van der Waals surface area contributed by atoms with Crippen molar-refractivity contribution in [2.24, 2.45) is 0 Å². The maximum Gasteiger partial charge on any atom is 0.236 e. The first-order valence-corrected chi connectivity index (χ1v) is 10.2. The molecule has 2 aromatic heterocycles. The van der Waals surface area contributed by atoms with Crippen LogP contribution in [0, 0.1) is 6.92 Å². The van der Waals surface area contributed by atoms with Gasteiger partial charge in [-0.15, -0.1) is 0 Å². The van der Waals surface area contributed by atoms with E-state index in [2.05, 4.69) is 9.88 Å². The van der Waals surface area contributed by atoms with Crippen LogP contribution in [-0.4, -0.2) is 48.2 Å². The quantitative estimate of drug-likeness (QED) is 0.791. The van der Waals surface area contributed by atoms with Crippen LogP contribution in [0.25, 0.3) is 10.9 Å². The maximum absolute atomic E-state index is 12.3. The van der Waals surface area contributed by atoms with E-state index in [1.807, 2.05) is 13.0 Å². The first-order chi connectivity index (χ1) is 10.9. The Bertz CT molecular complexity index is 823. The number of aromatic nitrogens is 2. The van der Waals surface area contributed by atoms with Crippen LogP contribution in [0.4, 0.5) is 0 Å². The molecule has 0 atom stereocenters. The molecule has 1 aliphatic rings. The molecule has 23 heavy (non-hydrogen) atoms. The van der Waals surface area contributed by atoms with Gasteiger partial charge in [-0.1, -0.05) is 18.0 Å². The van der Waals surface area contributed by atoms with Gasteiger partial charge in [0.1, 0.15) is 5.15 Å². The lowest BCUT2D eigenvalue weighted by Crippen LogP contribution is -2.32. The summed E-state index contributed by atoms with van der Waals surface area (Å²) in [6.45, 7) is 4.88. The molecular formula is C16H22ClN3O2S. The Morgan fingerprint density at radius 3 is 2.57 bits per heavy atom. The normalized spacial score (nSPS) is 17.0. The number of piperidine rings is 1. The standard InChI is InChI=1S/C16H22ClN3O2S/c1-12-10-15-14(16(17)18-12)11-13(20(15)23(2,21)22)6-9-19-7-4-3-5-8-19/h10-11H,3-9H2,1-2H3. The second-order valence-corrected chi connectivity index (χ2v) is 8.49. The smallest absolute Gasteiger partial charge is 0.236 e. The molecule has 126 valence electrons. The van der Waals surface area contributed by atoms with E-state index in [-0.39, 0.29) is 0 Å². The van der Waals surface area contributed by atoms with Gasteiger partial charge < -0.3 is 4.90 Å². The molecule has 0 spiro atoms. The van der Waals surface area contributed by atoms with Gasteiger partial charge in [-0.3, -0.25) is 0 Å². The predicted molar refractivity (Wildman–Crippen MR) is 93.7 cm³/mol.